The number of nitrogens with zero attached hydrogens (tertiary/aromatic N) is 6. The molecule has 0 aliphatic carbocycles. The van der Waals surface area contributed by atoms with Crippen LogP contribution in [0, 0.1) is 6.92 Å². The molecule has 6 aromatic rings. The van der Waals surface area contributed by atoms with Gasteiger partial charge in [0.25, 0.3) is 0 Å². The second-order valence-electron chi connectivity index (χ2n) is 11.6. The number of fused-ring (bicyclic) bond motifs is 3. The molecule has 6 heterocycles. The first-order valence-corrected chi connectivity index (χ1v) is 15.8. The zero-order valence-electron chi connectivity index (χ0n) is 24.9. The van der Waals surface area contributed by atoms with E-state index in [1.807, 2.05) is 48.2 Å². The Morgan fingerprint density at radius 2 is 1.95 bits per heavy atom. The number of hydrogen-bond acceptors (Lipinski definition) is 8. The molecule has 6 N–H and O–H groups in total. The number of anilines is 2. The molecule has 228 valence electrons. The largest absolute Gasteiger partial charge is 0.361 e. The smallest absolute Gasteiger partial charge is 0.232 e. The molecular weight excluding hydrogens is 578 g/mol. The fourth-order valence-corrected chi connectivity index (χ4v) is 6.62. The molecular formula is C30H35N11O2S. The summed E-state index contributed by atoms with van der Waals surface area (Å²) in [6.07, 6.45) is 7.34. The highest BCUT2D eigenvalue weighted by molar-refractivity contribution is 7.77. The van der Waals surface area contributed by atoms with Crippen molar-refractivity contribution < 1.29 is 8.76 Å². The lowest BCUT2D eigenvalue weighted by Gasteiger charge is -2.37. The minimum atomic E-state index is -2.12. The van der Waals surface area contributed by atoms with Gasteiger partial charge in [0.2, 0.25) is 11.3 Å². The van der Waals surface area contributed by atoms with Crippen LogP contribution in [0.15, 0.2) is 49.2 Å². The Bertz CT molecular complexity index is 2000. The summed E-state index contributed by atoms with van der Waals surface area (Å²) < 4.78 is 25.1. The highest BCUT2D eigenvalue weighted by Gasteiger charge is 2.26. The van der Waals surface area contributed by atoms with Crippen molar-refractivity contribution in [2.24, 2.45) is 0 Å². The molecule has 1 unspecified atom stereocenters. The third-order valence-electron chi connectivity index (χ3n) is 8.20. The topological polar surface area (TPSA) is 164 Å². The highest BCUT2D eigenvalue weighted by atomic mass is 32.2. The first-order chi connectivity index (χ1) is 21.2. The fourth-order valence-electron chi connectivity index (χ4n) is 6.33. The summed E-state index contributed by atoms with van der Waals surface area (Å²) >= 11 is -2.12. The molecule has 1 fully saturated rings. The van der Waals surface area contributed by atoms with Gasteiger partial charge in [-0.05, 0) is 68.7 Å². The maximum absolute atomic E-state index is 11.3. The Kier molecular flexibility index (Phi) is 7.28. The number of aromatic nitrogens is 7. The quantitative estimate of drug-likeness (QED) is 0.139. The highest BCUT2D eigenvalue weighted by Crippen LogP contribution is 2.38. The van der Waals surface area contributed by atoms with Crippen molar-refractivity contribution >= 4 is 50.4 Å². The van der Waals surface area contributed by atoms with Crippen LogP contribution in [-0.2, 0) is 17.8 Å². The minimum absolute atomic E-state index is 0.234. The summed E-state index contributed by atoms with van der Waals surface area (Å²) in [5.41, 5.74) is 6.49. The van der Waals surface area contributed by atoms with E-state index in [1.165, 1.54) is 6.33 Å². The van der Waals surface area contributed by atoms with Crippen molar-refractivity contribution in [2.75, 3.05) is 23.3 Å². The van der Waals surface area contributed by atoms with Crippen LogP contribution in [0.4, 0.5) is 11.6 Å². The first kappa shape index (κ1) is 28.4. The summed E-state index contributed by atoms with van der Waals surface area (Å²) in [6.45, 7) is 10.5. The van der Waals surface area contributed by atoms with Gasteiger partial charge in [-0.1, -0.05) is 0 Å². The molecule has 5 aromatic heterocycles. The average molecular weight is 614 g/mol. The molecule has 0 radical (unpaired) electrons. The second-order valence-corrected chi connectivity index (χ2v) is 12.4. The van der Waals surface area contributed by atoms with Crippen LogP contribution in [-0.4, -0.2) is 68.5 Å². The van der Waals surface area contributed by atoms with Crippen LogP contribution in [0.2, 0.25) is 0 Å². The van der Waals surface area contributed by atoms with E-state index < -0.39 is 11.3 Å². The Hall–Kier alpha value is -4.37. The first-order valence-electron chi connectivity index (χ1n) is 14.7. The molecule has 44 heavy (non-hydrogen) atoms. The molecule has 0 spiro atoms. The van der Waals surface area contributed by atoms with Crippen molar-refractivity contribution in [2.45, 2.75) is 52.4 Å². The predicted octanol–water partition coefficient (Wildman–Crippen LogP) is 4.04. The summed E-state index contributed by atoms with van der Waals surface area (Å²) in [5.74, 6) is 2.25. The van der Waals surface area contributed by atoms with E-state index in [0.717, 1.165) is 63.0 Å². The van der Waals surface area contributed by atoms with Gasteiger partial charge in [-0.25, -0.2) is 28.4 Å². The molecule has 14 heteroatoms. The average Bonchev–Trinajstić information content (AvgIpc) is 3.74. The Balaban J connectivity index is 1.28. The maximum atomic E-state index is 11.3. The zero-order chi connectivity index (χ0) is 30.5. The molecule has 0 saturated carbocycles. The fraction of sp³-hybridized carbons (Fsp3) is 0.333. The Morgan fingerprint density at radius 1 is 1.14 bits per heavy atom. The van der Waals surface area contributed by atoms with Crippen LogP contribution in [0.1, 0.15) is 43.8 Å². The maximum Gasteiger partial charge on any atom is 0.232 e. The molecule has 1 saturated heterocycles. The number of nitrogens with one attached hydrogen (secondary N) is 5. The molecule has 0 amide bonds. The van der Waals surface area contributed by atoms with Gasteiger partial charge < -0.3 is 25.5 Å². The van der Waals surface area contributed by atoms with Gasteiger partial charge in [-0.2, -0.15) is 5.10 Å². The molecule has 1 aromatic carbocycles. The van der Waals surface area contributed by atoms with Gasteiger partial charge in [0, 0.05) is 66.8 Å². The number of aryl methyl sites for hydroxylation is 1. The third-order valence-corrected chi connectivity index (χ3v) is 8.59. The number of H-pyrrole nitrogens is 2. The Morgan fingerprint density at radius 3 is 2.75 bits per heavy atom. The van der Waals surface area contributed by atoms with E-state index in [4.69, 9.17) is 10.1 Å². The lowest BCUT2D eigenvalue weighted by Crippen LogP contribution is -2.54. The van der Waals surface area contributed by atoms with Crippen LogP contribution < -0.4 is 20.3 Å². The molecule has 1 aliphatic heterocycles. The molecule has 0 bridgehead atoms. The lowest BCUT2D eigenvalue weighted by atomic mass is 9.99. The number of aromatic amines is 2. The van der Waals surface area contributed by atoms with E-state index in [9.17, 15) is 8.76 Å². The molecule has 7 rings (SSSR count). The van der Waals surface area contributed by atoms with Crippen molar-refractivity contribution in [3.63, 3.8) is 0 Å². The SMILES string of the molecule is Cc1ccn2nc([C@H](C)Nc3ncnc4[nH]cc(-c5cc(CNS(=O)O)cc6[nH]ccc56)c34)nc(N3C[C@@H](C)N[C@@H](C)C3)c12. The Labute approximate surface area is 256 Å². The van der Waals surface area contributed by atoms with Crippen LogP contribution >= 0.6 is 0 Å². The van der Waals surface area contributed by atoms with Gasteiger partial charge in [-0.15, -0.1) is 0 Å². The number of piperazine rings is 1. The summed E-state index contributed by atoms with van der Waals surface area (Å²) in [5, 5.41) is 13.9. The summed E-state index contributed by atoms with van der Waals surface area (Å²) in [6, 6.07) is 8.50. The predicted molar refractivity (Wildman–Crippen MR) is 173 cm³/mol. The van der Waals surface area contributed by atoms with Crippen LogP contribution in [0.25, 0.3) is 38.6 Å². The van der Waals surface area contributed by atoms with Gasteiger partial charge in [0.1, 0.15) is 23.3 Å². The van der Waals surface area contributed by atoms with E-state index in [1.54, 1.807) is 0 Å². The van der Waals surface area contributed by atoms with E-state index in [2.05, 4.69) is 67.0 Å². The van der Waals surface area contributed by atoms with E-state index in [0.29, 0.717) is 29.4 Å². The van der Waals surface area contributed by atoms with Gasteiger partial charge in [0.05, 0.1) is 11.4 Å². The van der Waals surface area contributed by atoms with Gasteiger partial charge in [0.15, 0.2) is 11.6 Å². The van der Waals surface area contributed by atoms with E-state index in [-0.39, 0.29) is 12.6 Å². The monoisotopic (exact) mass is 613 g/mol. The van der Waals surface area contributed by atoms with Crippen molar-refractivity contribution in [3.05, 3.63) is 66.1 Å². The molecule has 13 nitrogen and oxygen atoms in total. The number of benzene rings is 1. The van der Waals surface area contributed by atoms with Crippen molar-refractivity contribution in [3.8, 4) is 11.1 Å². The van der Waals surface area contributed by atoms with Crippen LogP contribution in [0.5, 0.6) is 0 Å². The van der Waals surface area contributed by atoms with Gasteiger partial charge >= 0.3 is 0 Å². The third kappa shape index (κ3) is 5.19. The standard InChI is InChI=1S/C30H35N11O2S/c1-16-6-8-41-26(16)30(40-13-17(2)36-18(3)14-40)38-27(39-41)19(4)37-29-25-23(12-32-28(25)33-15-34-29)22-9-20(11-35-44(42)43)10-24-21(22)5-7-31-24/h5-10,12,15,17-19,31,35-36H,11,13-14H2,1-4H3,(H,42,43)(H2,32,33,34,37)/t17-,18+,19-/m0/s1. The lowest BCUT2D eigenvalue weighted by molar-refractivity contribution is 0.405. The number of hydrogen-bond donors (Lipinski definition) is 6. The zero-order valence-corrected chi connectivity index (χ0v) is 25.7. The molecule has 1 aliphatic rings. The summed E-state index contributed by atoms with van der Waals surface area (Å²) in [7, 11) is 0. The minimum Gasteiger partial charge on any atom is -0.361 e. The van der Waals surface area contributed by atoms with Gasteiger partial charge in [-0.3, -0.25) is 4.55 Å². The van der Waals surface area contributed by atoms with Crippen LogP contribution in [0.3, 0.4) is 0 Å². The van der Waals surface area contributed by atoms with Crippen molar-refractivity contribution in [1.29, 1.82) is 0 Å². The number of rotatable bonds is 8. The second kappa shape index (κ2) is 11.3. The van der Waals surface area contributed by atoms with E-state index >= 15 is 0 Å². The van der Waals surface area contributed by atoms with Crippen molar-refractivity contribution in [1.82, 2.24) is 44.6 Å². The summed E-state index contributed by atoms with van der Waals surface area (Å²) in [4.78, 5) is 23.2. The normalized spacial score (nSPS) is 18.8. The molecule has 4 atom stereocenters.